The molecule has 2 aliphatic heterocycles. The minimum atomic E-state index is -0.305. The zero-order chi connectivity index (χ0) is 22.8. The molecule has 0 bridgehead atoms. The Hall–Kier alpha value is -2.63. The summed E-state index contributed by atoms with van der Waals surface area (Å²) in [7, 11) is 0. The number of piperidine rings is 1. The molecule has 0 saturated carbocycles. The smallest absolute Gasteiger partial charge is 0.162 e. The van der Waals surface area contributed by atoms with Crippen molar-refractivity contribution >= 4 is 23.2 Å². The fourth-order valence-electron chi connectivity index (χ4n) is 4.97. The van der Waals surface area contributed by atoms with Crippen LogP contribution in [-0.4, -0.2) is 36.4 Å². The number of fused-ring (bicyclic) bond motifs is 3. The first-order valence-electron chi connectivity index (χ1n) is 11.7. The number of hydrogen-bond donors (Lipinski definition) is 1. The van der Waals surface area contributed by atoms with Gasteiger partial charge in [-0.15, -0.1) is 0 Å². The summed E-state index contributed by atoms with van der Waals surface area (Å²) in [5.74, 6) is 0.274. The van der Waals surface area contributed by atoms with Crippen molar-refractivity contribution < 1.29 is 9.18 Å². The number of benzene rings is 3. The van der Waals surface area contributed by atoms with Gasteiger partial charge in [0.15, 0.2) is 5.78 Å². The molecule has 5 rings (SSSR count). The van der Waals surface area contributed by atoms with E-state index in [-0.39, 0.29) is 11.6 Å². The lowest BCUT2D eigenvalue weighted by Gasteiger charge is -2.35. The Bertz CT molecular complexity index is 1130. The van der Waals surface area contributed by atoms with Crippen LogP contribution < -0.4 is 5.32 Å². The van der Waals surface area contributed by atoms with Crippen LogP contribution in [0.15, 0.2) is 76.5 Å². The molecule has 1 saturated heterocycles. The molecule has 0 radical (unpaired) electrons. The Kier molecular flexibility index (Phi) is 6.52. The van der Waals surface area contributed by atoms with Gasteiger partial charge in [-0.05, 0) is 74.3 Å². The number of halogens is 1. The first-order chi connectivity index (χ1) is 16.1. The number of nitrogens with zero attached hydrogens (tertiary/aromatic N) is 1. The van der Waals surface area contributed by atoms with Gasteiger partial charge in [-0.1, -0.05) is 41.6 Å². The summed E-state index contributed by atoms with van der Waals surface area (Å²) in [6.07, 6.45) is 2.44. The molecule has 0 aromatic heterocycles. The lowest BCUT2D eigenvalue weighted by atomic mass is 9.89. The summed E-state index contributed by atoms with van der Waals surface area (Å²) in [6.45, 7) is 5.11. The van der Waals surface area contributed by atoms with Crippen LogP contribution in [0.4, 0.5) is 10.1 Å². The molecule has 0 amide bonds. The summed E-state index contributed by atoms with van der Waals surface area (Å²) < 4.78 is 13.1. The van der Waals surface area contributed by atoms with Crippen molar-refractivity contribution in [1.29, 1.82) is 0 Å². The second kappa shape index (κ2) is 9.70. The van der Waals surface area contributed by atoms with E-state index in [9.17, 15) is 9.18 Å². The average molecular weight is 461 g/mol. The van der Waals surface area contributed by atoms with Crippen molar-refractivity contribution in [3.63, 3.8) is 0 Å². The molecule has 170 valence electrons. The van der Waals surface area contributed by atoms with Gasteiger partial charge in [0.1, 0.15) is 5.82 Å². The standard InChI is InChI=1S/C28H29FN2OS/c1-19-7-13-22(14-8-19)33-27-6-2-4-23-24-18-31(17-15-25(24)30-28(23)27)16-3-5-26(32)20-9-11-21(29)12-10-20/h2,4,6-14,24-25,30H,3,5,15-18H2,1H3. The Labute approximate surface area is 199 Å². The summed E-state index contributed by atoms with van der Waals surface area (Å²) in [4.78, 5) is 17.4. The SMILES string of the molecule is Cc1ccc(Sc2cccc3c2NC2CCN(CCCC(=O)c4ccc(F)cc4)CC32)cc1. The minimum absolute atomic E-state index is 0.0931. The van der Waals surface area contributed by atoms with Crippen LogP contribution in [0.3, 0.4) is 0 Å². The molecule has 2 heterocycles. The molecule has 3 aromatic carbocycles. The van der Waals surface area contributed by atoms with E-state index in [0.717, 1.165) is 32.5 Å². The van der Waals surface area contributed by atoms with Crippen LogP contribution in [0.25, 0.3) is 0 Å². The van der Waals surface area contributed by atoms with E-state index >= 15 is 0 Å². The highest BCUT2D eigenvalue weighted by Gasteiger charge is 2.37. The van der Waals surface area contributed by atoms with Crippen LogP contribution in [0.2, 0.25) is 0 Å². The highest BCUT2D eigenvalue weighted by atomic mass is 32.2. The highest BCUT2D eigenvalue weighted by Crippen LogP contribution is 2.46. The van der Waals surface area contributed by atoms with Gasteiger partial charge in [-0.3, -0.25) is 4.79 Å². The molecule has 0 spiro atoms. The fraction of sp³-hybridized carbons (Fsp3) is 0.321. The number of hydrogen-bond acceptors (Lipinski definition) is 4. The maximum Gasteiger partial charge on any atom is 0.162 e. The maximum absolute atomic E-state index is 13.1. The predicted octanol–water partition coefficient (Wildman–Crippen LogP) is 6.53. The van der Waals surface area contributed by atoms with Gasteiger partial charge in [0.2, 0.25) is 0 Å². The Balaban J connectivity index is 1.20. The molecule has 5 heteroatoms. The van der Waals surface area contributed by atoms with E-state index in [1.807, 2.05) is 11.8 Å². The normalized spacial score (nSPS) is 19.6. The van der Waals surface area contributed by atoms with E-state index in [1.54, 1.807) is 12.1 Å². The fourth-order valence-corrected chi connectivity index (χ4v) is 5.92. The monoisotopic (exact) mass is 460 g/mol. The molecule has 2 atom stereocenters. The highest BCUT2D eigenvalue weighted by molar-refractivity contribution is 7.99. The van der Waals surface area contributed by atoms with Gasteiger partial charge in [0, 0.05) is 46.8 Å². The quantitative estimate of drug-likeness (QED) is 0.406. The first kappa shape index (κ1) is 22.2. The Morgan fingerprint density at radius 3 is 2.67 bits per heavy atom. The molecule has 33 heavy (non-hydrogen) atoms. The molecule has 1 N–H and O–H groups in total. The van der Waals surface area contributed by atoms with Gasteiger partial charge in [-0.25, -0.2) is 4.39 Å². The predicted molar refractivity (Wildman–Crippen MR) is 133 cm³/mol. The van der Waals surface area contributed by atoms with E-state index in [4.69, 9.17) is 0 Å². The molecule has 0 aliphatic carbocycles. The Morgan fingerprint density at radius 1 is 1.09 bits per heavy atom. The molecule has 3 aromatic rings. The second-order valence-electron chi connectivity index (χ2n) is 9.12. The summed E-state index contributed by atoms with van der Waals surface area (Å²) in [5.41, 5.74) is 4.60. The van der Waals surface area contributed by atoms with Gasteiger partial charge in [-0.2, -0.15) is 0 Å². The number of carbonyl (C=O) groups is 1. The van der Waals surface area contributed by atoms with Gasteiger partial charge in [0.25, 0.3) is 0 Å². The van der Waals surface area contributed by atoms with Crippen LogP contribution in [0.1, 0.15) is 46.7 Å². The van der Waals surface area contributed by atoms with Crippen LogP contribution >= 0.6 is 11.8 Å². The van der Waals surface area contributed by atoms with Crippen molar-refractivity contribution in [3.05, 3.63) is 89.2 Å². The second-order valence-corrected chi connectivity index (χ2v) is 10.2. The van der Waals surface area contributed by atoms with E-state index in [2.05, 4.69) is 59.6 Å². The average Bonchev–Trinajstić information content (AvgIpc) is 3.20. The number of para-hydroxylation sites is 1. The first-order valence-corrected chi connectivity index (χ1v) is 12.5. The van der Waals surface area contributed by atoms with Crippen LogP contribution in [0, 0.1) is 12.7 Å². The largest absolute Gasteiger partial charge is 0.380 e. The van der Waals surface area contributed by atoms with Gasteiger partial charge < -0.3 is 10.2 Å². The number of rotatable bonds is 7. The topological polar surface area (TPSA) is 32.3 Å². The molecule has 2 aliphatic rings. The van der Waals surface area contributed by atoms with E-state index in [1.165, 1.54) is 38.7 Å². The molecular formula is C28H29FN2OS. The molecular weight excluding hydrogens is 431 g/mol. The summed E-state index contributed by atoms with van der Waals surface area (Å²) >= 11 is 1.83. The van der Waals surface area contributed by atoms with Crippen molar-refractivity contribution in [2.24, 2.45) is 0 Å². The number of nitrogens with one attached hydrogen (secondary N) is 1. The third-order valence-electron chi connectivity index (χ3n) is 6.78. The molecule has 3 nitrogen and oxygen atoms in total. The van der Waals surface area contributed by atoms with Crippen molar-refractivity contribution in [3.8, 4) is 0 Å². The number of ketones is 1. The third-order valence-corrected chi connectivity index (χ3v) is 7.85. The van der Waals surface area contributed by atoms with Crippen LogP contribution in [-0.2, 0) is 0 Å². The minimum Gasteiger partial charge on any atom is -0.380 e. The maximum atomic E-state index is 13.1. The zero-order valence-electron chi connectivity index (χ0n) is 18.9. The molecule has 1 fully saturated rings. The zero-order valence-corrected chi connectivity index (χ0v) is 19.7. The van der Waals surface area contributed by atoms with Crippen molar-refractivity contribution in [1.82, 2.24) is 4.90 Å². The summed E-state index contributed by atoms with van der Waals surface area (Å²) in [6, 6.07) is 21.7. The molecule has 2 unspecified atom stereocenters. The van der Waals surface area contributed by atoms with Gasteiger partial charge in [0.05, 0.1) is 5.69 Å². The van der Waals surface area contributed by atoms with Crippen molar-refractivity contribution in [2.45, 2.75) is 47.9 Å². The van der Waals surface area contributed by atoms with Gasteiger partial charge >= 0.3 is 0 Å². The number of likely N-dealkylation sites (tertiary alicyclic amines) is 1. The number of anilines is 1. The van der Waals surface area contributed by atoms with Crippen molar-refractivity contribution in [2.75, 3.05) is 25.0 Å². The van der Waals surface area contributed by atoms with E-state index in [0.29, 0.717) is 23.9 Å². The van der Waals surface area contributed by atoms with E-state index < -0.39 is 0 Å². The van der Waals surface area contributed by atoms with Crippen LogP contribution in [0.5, 0.6) is 0 Å². The Morgan fingerprint density at radius 2 is 1.88 bits per heavy atom. The lowest BCUT2D eigenvalue weighted by Crippen LogP contribution is -2.42. The lowest BCUT2D eigenvalue weighted by molar-refractivity contribution is 0.0971. The number of carbonyl (C=O) groups excluding carboxylic acids is 1. The number of aryl methyl sites for hydroxylation is 1. The summed E-state index contributed by atoms with van der Waals surface area (Å²) in [5, 5.41) is 3.83. The third kappa shape index (κ3) is 4.99. The number of Topliss-reactive ketones (excluding diaryl/α,β-unsaturated/α-hetero) is 1.